The number of rotatable bonds is 9. The van der Waals surface area contributed by atoms with Crippen molar-refractivity contribution in [3.05, 3.63) is 35.4 Å². The minimum atomic E-state index is -4.65. The number of amides is 2. The lowest BCUT2D eigenvalue weighted by atomic mass is 9.99. The molecule has 1 aromatic rings. The van der Waals surface area contributed by atoms with Crippen molar-refractivity contribution in [1.82, 2.24) is 16.0 Å². The highest BCUT2D eigenvalue weighted by molar-refractivity contribution is 5.94. The van der Waals surface area contributed by atoms with Crippen molar-refractivity contribution < 1.29 is 22.8 Å². The number of nitriles is 1. The van der Waals surface area contributed by atoms with E-state index in [2.05, 4.69) is 16.0 Å². The second kappa shape index (κ2) is 9.74. The Balaban J connectivity index is 2.19. The molecule has 0 aliphatic heterocycles. The fraction of sp³-hybridized carbons (Fsp3) is 0.550. The van der Waals surface area contributed by atoms with E-state index in [0.29, 0.717) is 0 Å². The molecule has 158 valence electrons. The monoisotopic (exact) mass is 410 g/mol. The molecule has 1 fully saturated rings. The molecule has 0 aromatic heterocycles. The molecule has 2 rings (SSSR count). The minimum absolute atomic E-state index is 0.0392. The third kappa shape index (κ3) is 7.06. The number of hydrogen-bond acceptors (Lipinski definition) is 4. The van der Waals surface area contributed by atoms with Gasteiger partial charge in [-0.15, -0.1) is 0 Å². The summed E-state index contributed by atoms with van der Waals surface area (Å²) in [6.07, 6.45) is -2.65. The number of nitrogens with zero attached hydrogens (tertiary/aromatic N) is 1. The molecular formula is C20H25F3N4O2. The van der Waals surface area contributed by atoms with Gasteiger partial charge in [-0.05, 0) is 42.9 Å². The normalized spacial score (nSPS) is 16.0. The second-order valence-electron chi connectivity index (χ2n) is 7.57. The van der Waals surface area contributed by atoms with E-state index in [9.17, 15) is 22.8 Å². The Hall–Kier alpha value is -2.60. The zero-order valence-corrected chi connectivity index (χ0v) is 16.3. The maximum absolute atomic E-state index is 13.7. The molecule has 2 amide bonds. The Labute approximate surface area is 167 Å². The third-order valence-electron chi connectivity index (χ3n) is 4.48. The molecule has 1 saturated carbocycles. The van der Waals surface area contributed by atoms with Crippen molar-refractivity contribution in [2.24, 2.45) is 5.92 Å². The standard InChI is InChI=1S/C20H25F3N4O2/c1-12(2)11-16(19(29)25-10-9-24)27-17(20(21,22)23)13-3-5-14(6-4-13)18(28)26-15-7-8-15/h3-6,12,15-17,27H,7-8,10-11H2,1-2H3,(H,25,29)(H,26,28)/t16-,17?/m0/s1. The van der Waals surface area contributed by atoms with Gasteiger partial charge in [0, 0.05) is 11.6 Å². The molecule has 0 heterocycles. The van der Waals surface area contributed by atoms with Crippen LogP contribution in [0.1, 0.15) is 55.1 Å². The van der Waals surface area contributed by atoms with Crippen LogP contribution in [-0.2, 0) is 4.79 Å². The SMILES string of the molecule is CC(C)C[C@H](NC(c1ccc(C(=O)NC2CC2)cc1)C(F)(F)F)C(=O)NCC#N. The van der Waals surface area contributed by atoms with Crippen molar-refractivity contribution in [2.45, 2.75) is 57.4 Å². The van der Waals surface area contributed by atoms with Gasteiger partial charge in [0.2, 0.25) is 5.91 Å². The van der Waals surface area contributed by atoms with Crippen molar-refractivity contribution in [3.8, 4) is 6.07 Å². The Morgan fingerprint density at radius 3 is 2.31 bits per heavy atom. The minimum Gasteiger partial charge on any atom is -0.349 e. The zero-order chi connectivity index (χ0) is 21.6. The van der Waals surface area contributed by atoms with Crippen LogP contribution in [0.3, 0.4) is 0 Å². The Kier molecular flexibility index (Phi) is 7.62. The summed E-state index contributed by atoms with van der Waals surface area (Å²) in [5.41, 5.74) is 0.189. The second-order valence-corrected chi connectivity index (χ2v) is 7.57. The first-order valence-electron chi connectivity index (χ1n) is 9.50. The number of halogens is 3. The molecule has 1 unspecified atom stereocenters. The molecule has 29 heavy (non-hydrogen) atoms. The Bertz CT molecular complexity index is 752. The average Bonchev–Trinajstić information content (AvgIpc) is 3.45. The van der Waals surface area contributed by atoms with Crippen LogP contribution in [0.2, 0.25) is 0 Å². The average molecular weight is 410 g/mol. The van der Waals surface area contributed by atoms with Gasteiger partial charge in [0.15, 0.2) is 0 Å². The van der Waals surface area contributed by atoms with Crippen LogP contribution >= 0.6 is 0 Å². The van der Waals surface area contributed by atoms with Crippen molar-refractivity contribution in [3.63, 3.8) is 0 Å². The number of nitrogens with one attached hydrogen (secondary N) is 3. The van der Waals surface area contributed by atoms with E-state index in [1.165, 1.54) is 24.3 Å². The van der Waals surface area contributed by atoms with Crippen LogP contribution in [0.4, 0.5) is 13.2 Å². The number of carbonyl (C=O) groups is 2. The van der Waals surface area contributed by atoms with Crippen LogP contribution < -0.4 is 16.0 Å². The summed E-state index contributed by atoms with van der Waals surface area (Å²) >= 11 is 0. The number of benzene rings is 1. The van der Waals surface area contributed by atoms with Crippen molar-refractivity contribution >= 4 is 11.8 Å². The molecule has 0 radical (unpaired) electrons. The van der Waals surface area contributed by atoms with Crippen LogP contribution in [0.25, 0.3) is 0 Å². The number of hydrogen-bond donors (Lipinski definition) is 3. The molecular weight excluding hydrogens is 385 g/mol. The largest absolute Gasteiger partial charge is 0.407 e. The Morgan fingerprint density at radius 2 is 1.83 bits per heavy atom. The van der Waals surface area contributed by atoms with Gasteiger partial charge in [-0.1, -0.05) is 26.0 Å². The molecule has 9 heteroatoms. The summed E-state index contributed by atoms with van der Waals surface area (Å²) in [4.78, 5) is 24.3. The van der Waals surface area contributed by atoms with Gasteiger partial charge in [-0.25, -0.2) is 0 Å². The lowest BCUT2D eigenvalue weighted by Crippen LogP contribution is -2.49. The maximum Gasteiger partial charge on any atom is 0.407 e. The summed E-state index contributed by atoms with van der Waals surface area (Å²) < 4.78 is 41.2. The lowest BCUT2D eigenvalue weighted by molar-refractivity contribution is -0.161. The van der Waals surface area contributed by atoms with Crippen LogP contribution in [0.15, 0.2) is 24.3 Å². The van der Waals surface area contributed by atoms with E-state index in [-0.39, 0.29) is 42.0 Å². The van der Waals surface area contributed by atoms with Gasteiger partial charge in [0.1, 0.15) is 12.6 Å². The molecule has 2 atom stereocenters. The maximum atomic E-state index is 13.7. The van der Waals surface area contributed by atoms with E-state index < -0.39 is 24.2 Å². The first-order chi connectivity index (χ1) is 13.6. The fourth-order valence-electron chi connectivity index (χ4n) is 2.88. The predicted octanol–water partition coefficient (Wildman–Crippen LogP) is 2.83. The molecule has 0 spiro atoms. The van der Waals surface area contributed by atoms with Gasteiger partial charge in [0.25, 0.3) is 5.91 Å². The molecule has 6 nitrogen and oxygen atoms in total. The van der Waals surface area contributed by atoms with Gasteiger partial charge in [-0.2, -0.15) is 18.4 Å². The lowest BCUT2D eigenvalue weighted by Gasteiger charge is -2.28. The van der Waals surface area contributed by atoms with Crippen LogP contribution in [0.5, 0.6) is 0 Å². The van der Waals surface area contributed by atoms with Crippen LogP contribution in [0, 0.1) is 17.2 Å². The highest BCUT2D eigenvalue weighted by Crippen LogP contribution is 2.34. The van der Waals surface area contributed by atoms with Gasteiger partial charge < -0.3 is 10.6 Å². The quantitative estimate of drug-likeness (QED) is 0.546. The van der Waals surface area contributed by atoms with E-state index in [4.69, 9.17) is 5.26 Å². The van der Waals surface area contributed by atoms with E-state index in [0.717, 1.165) is 12.8 Å². The summed E-state index contributed by atoms with van der Waals surface area (Å²) in [6, 6.07) is 3.87. The molecule has 3 N–H and O–H groups in total. The molecule has 1 aliphatic rings. The topological polar surface area (TPSA) is 94.0 Å². The highest BCUT2D eigenvalue weighted by atomic mass is 19.4. The fourth-order valence-corrected chi connectivity index (χ4v) is 2.88. The smallest absolute Gasteiger partial charge is 0.349 e. The summed E-state index contributed by atoms with van der Waals surface area (Å²) in [7, 11) is 0. The van der Waals surface area contributed by atoms with E-state index >= 15 is 0 Å². The Morgan fingerprint density at radius 1 is 1.21 bits per heavy atom. The van der Waals surface area contributed by atoms with E-state index in [1.54, 1.807) is 19.9 Å². The number of carbonyl (C=O) groups excluding carboxylic acids is 2. The van der Waals surface area contributed by atoms with Gasteiger partial charge in [-0.3, -0.25) is 14.9 Å². The molecule has 1 aromatic carbocycles. The molecule has 0 saturated heterocycles. The van der Waals surface area contributed by atoms with E-state index in [1.807, 2.05) is 0 Å². The van der Waals surface area contributed by atoms with Crippen LogP contribution in [-0.4, -0.2) is 36.6 Å². The van der Waals surface area contributed by atoms with Gasteiger partial charge >= 0.3 is 6.18 Å². The third-order valence-corrected chi connectivity index (χ3v) is 4.48. The predicted molar refractivity (Wildman–Crippen MR) is 101 cm³/mol. The summed E-state index contributed by atoms with van der Waals surface area (Å²) in [5, 5.41) is 16.1. The first kappa shape index (κ1) is 22.7. The molecule has 1 aliphatic carbocycles. The first-order valence-corrected chi connectivity index (χ1v) is 9.50. The molecule has 0 bridgehead atoms. The van der Waals surface area contributed by atoms with Crippen molar-refractivity contribution in [1.29, 1.82) is 5.26 Å². The number of alkyl halides is 3. The zero-order valence-electron chi connectivity index (χ0n) is 16.3. The van der Waals surface area contributed by atoms with Crippen molar-refractivity contribution in [2.75, 3.05) is 6.54 Å². The summed E-state index contributed by atoms with van der Waals surface area (Å²) in [6.45, 7) is 3.31. The summed E-state index contributed by atoms with van der Waals surface area (Å²) in [5.74, 6) is -1.01. The highest BCUT2D eigenvalue weighted by Gasteiger charge is 2.43. The van der Waals surface area contributed by atoms with Gasteiger partial charge in [0.05, 0.1) is 12.1 Å².